The van der Waals surface area contributed by atoms with Crippen molar-refractivity contribution < 1.29 is 9.53 Å². The minimum atomic E-state index is 0.0551. The summed E-state index contributed by atoms with van der Waals surface area (Å²) in [5.41, 5.74) is 0. The zero-order valence-corrected chi connectivity index (χ0v) is 9.16. The average molecular weight is 213 g/mol. The molecule has 2 atom stereocenters. The van der Waals surface area contributed by atoms with Crippen LogP contribution in [0.1, 0.15) is 13.3 Å². The summed E-state index contributed by atoms with van der Waals surface area (Å²) in [6.45, 7) is 6.05. The molecule has 5 nitrogen and oxygen atoms in total. The minimum absolute atomic E-state index is 0.0551. The van der Waals surface area contributed by atoms with Gasteiger partial charge in [-0.15, -0.1) is 0 Å². The second-order valence-corrected chi connectivity index (χ2v) is 4.26. The van der Waals surface area contributed by atoms with Crippen molar-refractivity contribution in [2.45, 2.75) is 25.4 Å². The Morgan fingerprint density at radius 1 is 1.60 bits per heavy atom. The van der Waals surface area contributed by atoms with E-state index in [2.05, 4.69) is 17.6 Å². The molecule has 2 N–H and O–H groups in total. The number of hydrogen-bond donors (Lipinski definition) is 2. The standard InChI is InChI=1S/C10H19N3O2/c1-8-6-11-3-4-13(8)10(14)12-9-2-5-15-7-9/h8-9,11H,2-7H2,1H3,(H,12,14). The zero-order valence-electron chi connectivity index (χ0n) is 9.16. The molecular formula is C10H19N3O2. The van der Waals surface area contributed by atoms with E-state index in [0.29, 0.717) is 6.61 Å². The number of amides is 2. The summed E-state index contributed by atoms with van der Waals surface area (Å²) in [4.78, 5) is 13.8. The number of hydrogen-bond acceptors (Lipinski definition) is 3. The fourth-order valence-corrected chi connectivity index (χ4v) is 2.05. The Balaban J connectivity index is 1.83. The normalized spacial score (nSPS) is 31.7. The highest BCUT2D eigenvalue weighted by atomic mass is 16.5. The molecule has 0 aromatic carbocycles. The summed E-state index contributed by atoms with van der Waals surface area (Å²) in [5, 5.41) is 6.28. The van der Waals surface area contributed by atoms with Crippen molar-refractivity contribution in [2.75, 3.05) is 32.8 Å². The van der Waals surface area contributed by atoms with E-state index >= 15 is 0 Å². The van der Waals surface area contributed by atoms with Gasteiger partial charge in [0.1, 0.15) is 0 Å². The Hall–Kier alpha value is -0.810. The summed E-state index contributed by atoms with van der Waals surface area (Å²) in [7, 11) is 0. The molecule has 0 radical (unpaired) electrons. The number of carbonyl (C=O) groups excluding carboxylic acids is 1. The molecule has 2 aliphatic heterocycles. The van der Waals surface area contributed by atoms with Gasteiger partial charge in [-0.2, -0.15) is 0 Å². The van der Waals surface area contributed by atoms with Crippen LogP contribution in [0.15, 0.2) is 0 Å². The molecule has 0 bridgehead atoms. The minimum Gasteiger partial charge on any atom is -0.379 e. The fourth-order valence-electron chi connectivity index (χ4n) is 2.05. The molecule has 0 saturated carbocycles. The lowest BCUT2D eigenvalue weighted by molar-refractivity contribution is 0.156. The molecule has 2 heterocycles. The molecule has 0 spiro atoms. The SMILES string of the molecule is CC1CNCCN1C(=O)NC1CCOC1. The van der Waals surface area contributed by atoms with Crippen LogP contribution in [0, 0.1) is 0 Å². The van der Waals surface area contributed by atoms with Crippen LogP contribution in [0.2, 0.25) is 0 Å². The number of rotatable bonds is 1. The van der Waals surface area contributed by atoms with Gasteiger partial charge in [-0.3, -0.25) is 0 Å². The summed E-state index contributed by atoms with van der Waals surface area (Å²) >= 11 is 0. The Kier molecular flexibility index (Phi) is 3.43. The predicted octanol–water partition coefficient (Wildman–Crippen LogP) is -0.221. The molecule has 5 heteroatoms. The largest absolute Gasteiger partial charge is 0.379 e. The van der Waals surface area contributed by atoms with Gasteiger partial charge < -0.3 is 20.3 Å². The lowest BCUT2D eigenvalue weighted by Crippen LogP contribution is -2.56. The number of carbonyl (C=O) groups is 1. The molecule has 0 aromatic heterocycles. The molecule has 2 amide bonds. The highest BCUT2D eigenvalue weighted by molar-refractivity contribution is 5.75. The molecular weight excluding hydrogens is 194 g/mol. The summed E-state index contributed by atoms with van der Waals surface area (Å²) in [6.07, 6.45) is 0.937. The van der Waals surface area contributed by atoms with E-state index in [1.165, 1.54) is 0 Å². The zero-order chi connectivity index (χ0) is 10.7. The molecule has 2 unspecified atom stereocenters. The number of nitrogens with zero attached hydrogens (tertiary/aromatic N) is 1. The number of piperazine rings is 1. The van der Waals surface area contributed by atoms with Crippen molar-refractivity contribution in [2.24, 2.45) is 0 Å². The topological polar surface area (TPSA) is 53.6 Å². The lowest BCUT2D eigenvalue weighted by atomic mass is 10.2. The van der Waals surface area contributed by atoms with Gasteiger partial charge in [0.25, 0.3) is 0 Å². The Labute approximate surface area is 90.1 Å². The van der Waals surface area contributed by atoms with E-state index in [1.54, 1.807) is 0 Å². The van der Waals surface area contributed by atoms with Crippen molar-refractivity contribution in [1.82, 2.24) is 15.5 Å². The summed E-state index contributed by atoms with van der Waals surface area (Å²) in [6, 6.07) is 0.542. The first-order valence-electron chi connectivity index (χ1n) is 5.63. The third kappa shape index (κ3) is 2.60. The van der Waals surface area contributed by atoms with E-state index in [1.807, 2.05) is 4.90 Å². The van der Waals surface area contributed by atoms with Crippen LogP contribution in [0.4, 0.5) is 4.79 Å². The Bertz CT molecular complexity index is 229. The van der Waals surface area contributed by atoms with Gasteiger partial charge in [0.2, 0.25) is 0 Å². The van der Waals surface area contributed by atoms with E-state index in [0.717, 1.165) is 32.7 Å². The van der Waals surface area contributed by atoms with Gasteiger partial charge in [-0.1, -0.05) is 0 Å². The molecule has 0 aromatic rings. The van der Waals surface area contributed by atoms with Crippen LogP contribution >= 0.6 is 0 Å². The van der Waals surface area contributed by atoms with Crippen molar-refractivity contribution in [3.05, 3.63) is 0 Å². The van der Waals surface area contributed by atoms with Crippen molar-refractivity contribution in [3.63, 3.8) is 0 Å². The Morgan fingerprint density at radius 2 is 2.47 bits per heavy atom. The summed E-state index contributed by atoms with van der Waals surface area (Å²) < 4.78 is 5.23. The van der Waals surface area contributed by atoms with E-state index < -0.39 is 0 Å². The predicted molar refractivity (Wildman–Crippen MR) is 56.8 cm³/mol. The molecule has 2 rings (SSSR count). The van der Waals surface area contributed by atoms with Gasteiger partial charge in [0, 0.05) is 32.3 Å². The van der Waals surface area contributed by atoms with Gasteiger partial charge >= 0.3 is 6.03 Å². The monoisotopic (exact) mass is 213 g/mol. The first-order chi connectivity index (χ1) is 7.27. The molecule has 2 aliphatic rings. The molecule has 2 fully saturated rings. The second kappa shape index (κ2) is 4.81. The van der Waals surface area contributed by atoms with Crippen molar-refractivity contribution in [3.8, 4) is 0 Å². The van der Waals surface area contributed by atoms with Crippen LogP contribution in [-0.4, -0.2) is 55.9 Å². The van der Waals surface area contributed by atoms with Gasteiger partial charge in [0.05, 0.1) is 12.6 Å². The molecule has 2 saturated heterocycles. The smallest absolute Gasteiger partial charge is 0.318 e. The van der Waals surface area contributed by atoms with Crippen LogP contribution in [0.25, 0.3) is 0 Å². The van der Waals surface area contributed by atoms with Crippen LogP contribution in [-0.2, 0) is 4.74 Å². The highest BCUT2D eigenvalue weighted by Crippen LogP contribution is 2.07. The van der Waals surface area contributed by atoms with Crippen LogP contribution < -0.4 is 10.6 Å². The van der Waals surface area contributed by atoms with Crippen molar-refractivity contribution >= 4 is 6.03 Å². The first kappa shape index (κ1) is 10.7. The Morgan fingerprint density at radius 3 is 3.13 bits per heavy atom. The number of nitrogens with one attached hydrogen (secondary N) is 2. The second-order valence-electron chi connectivity index (χ2n) is 4.26. The first-order valence-corrected chi connectivity index (χ1v) is 5.63. The van der Waals surface area contributed by atoms with Crippen LogP contribution in [0.5, 0.6) is 0 Å². The maximum Gasteiger partial charge on any atom is 0.318 e. The highest BCUT2D eigenvalue weighted by Gasteiger charge is 2.26. The van der Waals surface area contributed by atoms with Crippen LogP contribution in [0.3, 0.4) is 0 Å². The van der Waals surface area contributed by atoms with Gasteiger partial charge in [-0.05, 0) is 13.3 Å². The molecule has 86 valence electrons. The third-order valence-corrected chi connectivity index (χ3v) is 3.02. The molecule has 15 heavy (non-hydrogen) atoms. The quantitative estimate of drug-likeness (QED) is 0.633. The van der Waals surface area contributed by atoms with E-state index in [-0.39, 0.29) is 18.1 Å². The fraction of sp³-hybridized carbons (Fsp3) is 0.900. The average Bonchev–Trinajstić information content (AvgIpc) is 2.71. The lowest BCUT2D eigenvalue weighted by Gasteiger charge is -2.34. The number of urea groups is 1. The maximum absolute atomic E-state index is 11.9. The van der Waals surface area contributed by atoms with Gasteiger partial charge in [-0.25, -0.2) is 4.79 Å². The van der Waals surface area contributed by atoms with Gasteiger partial charge in [0.15, 0.2) is 0 Å². The third-order valence-electron chi connectivity index (χ3n) is 3.02. The number of ether oxygens (including phenoxy) is 1. The maximum atomic E-state index is 11.9. The van der Waals surface area contributed by atoms with E-state index in [9.17, 15) is 4.79 Å². The van der Waals surface area contributed by atoms with E-state index in [4.69, 9.17) is 4.74 Å². The van der Waals surface area contributed by atoms with Crippen molar-refractivity contribution in [1.29, 1.82) is 0 Å². The summed E-state index contributed by atoms with van der Waals surface area (Å²) in [5.74, 6) is 0. The molecule has 0 aliphatic carbocycles.